The molecular formula is C7H16N2O3S. The first-order valence-corrected chi connectivity index (χ1v) is 6.06. The van der Waals surface area contributed by atoms with Crippen LogP contribution in [0.4, 0.5) is 0 Å². The SMILES string of the molecule is CC(=O)N(CCN)CCS(C)(=O)=O. The number of nitrogens with two attached hydrogens (primary N) is 1. The van der Waals surface area contributed by atoms with E-state index in [0.717, 1.165) is 6.26 Å². The molecule has 78 valence electrons. The first-order valence-electron chi connectivity index (χ1n) is 4.00. The molecular weight excluding hydrogens is 192 g/mol. The van der Waals surface area contributed by atoms with Gasteiger partial charge in [0.15, 0.2) is 0 Å². The van der Waals surface area contributed by atoms with Crippen LogP contribution in [0.25, 0.3) is 0 Å². The summed E-state index contributed by atoms with van der Waals surface area (Å²) in [5.41, 5.74) is 5.26. The molecule has 0 aromatic rings. The standard InChI is InChI=1S/C7H16N2O3S/c1-7(10)9(4-3-8)5-6-13(2,11)12/h3-6,8H2,1-2H3. The molecule has 0 aromatic heterocycles. The highest BCUT2D eigenvalue weighted by molar-refractivity contribution is 7.90. The van der Waals surface area contributed by atoms with Crippen LogP contribution in [-0.4, -0.2) is 50.9 Å². The van der Waals surface area contributed by atoms with E-state index in [0.29, 0.717) is 13.1 Å². The third kappa shape index (κ3) is 6.53. The summed E-state index contributed by atoms with van der Waals surface area (Å²) in [5.74, 6) is -0.152. The van der Waals surface area contributed by atoms with Crippen LogP contribution >= 0.6 is 0 Å². The first-order chi connectivity index (χ1) is 5.87. The minimum Gasteiger partial charge on any atom is -0.341 e. The molecule has 0 saturated heterocycles. The largest absolute Gasteiger partial charge is 0.341 e. The van der Waals surface area contributed by atoms with Crippen LogP contribution in [0, 0.1) is 0 Å². The van der Waals surface area contributed by atoms with Gasteiger partial charge in [-0.3, -0.25) is 4.79 Å². The van der Waals surface area contributed by atoms with E-state index in [9.17, 15) is 13.2 Å². The van der Waals surface area contributed by atoms with Gasteiger partial charge in [0, 0.05) is 32.8 Å². The van der Waals surface area contributed by atoms with E-state index in [2.05, 4.69) is 0 Å². The number of amides is 1. The fourth-order valence-electron chi connectivity index (χ4n) is 0.859. The Bertz CT molecular complexity index is 261. The molecule has 0 bridgehead atoms. The monoisotopic (exact) mass is 208 g/mol. The van der Waals surface area contributed by atoms with Crippen molar-refractivity contribution in [1.29, 1.82) is 0 Å². The van der Waals surface area contributed by atoms with Gasteiger partial charge in [0.1, 0.15) is 9.84 Å². The van der Waals surface area contributed by atoms with Crippen LogP contribution in [-0.2, 0) is 14.6 Å². The molecule has 0 aliphatic carbocycles. The minimum absolute atomic E-state index is 0.00736. The molecule has 0 spiro atoms. The van der Waals surface area contributed by atoms with Gasteiger partial charge in [-0.25, -0.2) is 8.42 Å². The fraction of sp³-hybridized carbons (Fsp3) is 0.857. The second kappa shape index (κ2) is 5.18. The Morgan fingerprint density at radius 1 is 1.38 bits per heavy atom. The van der Waals surface area contributed by atoms with Gasteiger partial charge in [-0.15, -0.1) is 0 Å². The van der Waals surface area contributed by atoms with Crippen LogP contribution in [0.15, 0.2) is 0 Å². The van der Waals surface area contributed by atoms with Gasteiger partial charge >= 0.3 is 0 Å². The summed E-state index contributed by atoms with van der Waals surface area (Å²) in [6.45, 7) is 2.39. The molecule has 0 rings (SSSR count). The van der Waals surface area contributed by atoms with E-state index in [-0.39, 0.29) is 18.2 Å². The third-order valence-electron chi connectivity index (χ3n) is 1.58. The van der Waals surface area contributed by atoms with E-state index in [4.69, 9.17) is 5.73 Å². The predicted molar refractivity (Wildman–Crippen MR) is 51.0 cm³/mol. The normalized spacial score (nSPS) is 11.3. The van der Waals surface area contributed by atoms with Crippen molar-refractivity contribution in [2.45, 2.75) is 6.92 Å². The Balaban J connectivity index is 4.05. The summed E-state index contributed by atoms with van der Waals surface area (Å²) in [6, 6.07) is 0. The second-order valence-corrected chi connectivity index (χ2v) is 5.18. The van der Waals surface area contributed by atoms with Crippen LogP contribution in [0.5, 0.6) is 0 Å². The highest BCUT2D eigenvalue weighted by Crippen LogP contribution is 1.91. The zero-order chi connectivity index (χ0) is 10.5. The van der Waals surface area contributed by atoms with E-state index in [1.165, 1.54) is 11.8 Å². The van der Waals surface area contributed by atoms with Gasteiger partial charge < -0.3 is 10.6 Å². The van der Waals surface area contributed by atoms with E-state index >= 15 is 0 Å². The number of hydrogen-bond donors (Lipinski definition) is 1. The van der Waals surface area contributed by atoms with Crippen LogP contribution < -0.4 is 5.73 Å². The lowest BCUT2D eigenvalue weighted by Gasteiger charge is -2.19. The molecule has 0 radical (unpaired) electrons. The maximum atomic E-state index is 10.9. The molecule has 1 amide bonds. The molecule has 0 saturated carbocycles. The molecule has 0 atom stereocenters. The Kier molecular flexibility index (Phi) is 4.94. The molecule has 2 N–H and O–H groups in total. The van der Waals surface area contributed by atoms with Crippen molar-refractivity contribution in [2.75, 3.05) is 31.6 Å². The lowest BCUT2D eigenvalue weighted by Crippen LogP contribution is -2.36. The van der Waals surface area contributed by atoms with Crippen LogP contribution in [0.1, 0.15) is 6.92 Å². The Hall–Kier alpha value is -0.620. The smallest absolute Gasteiger partial charge is 0.219 e. The van der Waals surface area contributed by atoms with Gasteiger partial charge in [0.05, 0.1) is 5.75 Å². The molecule has 0 aliphatic rings. The van der Waals surface area contributed by atoms with Crippen LogP contribution in [0.2, 0.25) is 0 Å². The summed E-state index contributed by atoms with van der Waals surface area (Å²) < 4.78 is 21.6. The van der Waals surface area contributed by atoms with E-state index < -0.39 is 9.84 Å². The first kappa shape index (κ1) is 12.4. The van der Waals surface area contributed by atoms with Crippen LogP contribution in [0.3, 0.4) is 0 Å². The molecule has 0 heterocycles. The zero-order valence-electron chi connectivity index (χ0n) is 7.99. The molecule has 0 aromatic carbocycles. The van der Waals surface area contributed by atoms with Crippen molar-refractivity contribution in [1.82, 2.24) is 4.90 Å². The summed E-state index contributed by atoms with van der Waals surface area (Å²) in [5, 5.41) is 0. The number of rotatable bonds is 5. The average Bonchev–Trinajstić information content (AvgIpc) is 1.95. The molecule has 0 fully saturated rings. The molecule has 6 heteroatoms. The molecule has 0 unspecified atom stereocenters. The summed E-state index contributed by atoms with van der Waals surface area (Å²) in [4.78, 5) is 12.4. The third-order valence-corrected chi connectivity index (χ3v) is 2.50. The molecule has 5 nitrogen and oxygen atoms in total. The highest BCUT2D eigenvalue weighted by atomic mass is 32.2. The zero-order valence-corrected chi connectivity index (χ0v) is 8.80. The van der Waals surface area contributed by atoms with Crippen molar-refractivity contribution in [2.24, 2.45) is 5.73 Å². The Labute approximate surface area is 78.8 Å². The summed E-state index contributed by atoms with van der Waals surface area (Å²) in [6.07, 6.45) is 1.15. The maximum absolute atomic E-state index is 10.9. The van der Waals surface area contributed by atoms with Gasteiger partial charge in [0.2, 0.25) is 5.91 Å². The van der Waals surface area contributed by atoms with Crippen molar-refractivity contribution in [3.63, 3.8) is 0 Å². The Morgan fingerprint density at radius 2 is 1.92 bits per heavy atom. The molecule has 13 heavy (non-hydrogen) atoms. The van der Waals surface area contributed by atoms with Crippen molar-refractivity contribution in [3.05, 3.63) is 0 Å². The quantitative estimate of drug-likeness (QED) is 0.618. The lowest BCUT2D eigenvalue weighted by atomic mass is 10.4. The second-order valence-electron chi connectivity index (χ2n) is 2.92. The highest BCUT2D eigenvalue weighted by Gasteiger charge is 2.10. The fourth-order valence-corrected chi connectivity index (χ4v) is 1.41. The molecule has 0 aliphatic heterocycles. The van der Waals surface area contributed by atoms with Gasteiger partial charge in [-0.1, -0.05) is 0 Å². The number of carbonyl (C=O) groups excluding carboxylic acids is 1. The maximum Gasteiger partial charge on any atom is 0.219 e. The van der Waals surface area contributed by atoms with E-state index in [1.54, 1.807) is 0 Å². The summed E-state index contributed by atoms with van der Waals surface area (Å²) >= 11 is 0. The Morgan fingerprint density at radius 3 is 2.23 bits per heavy atom. The van der Waals surface area contributed by atoms with E-state index in [1.807, 2.05) is 0 Å². The lowest BCUT2D eigenvalue weighted by molar-refractivity contribution is -0.128. The number of sulfone groups is 1. The van der Waals surface area contributed by atoms with Crippen molar-refractivity contribution >= 4 is 15.7 Å². The summed E-state index contributed by atoms with van der Waals surface area (Å²) in [7, 11) is -3.01. The average molecular weight is 208 g/mol. The number of nitrogens with zero attached hydrogens (tertiary/aromatic N) is 1. The van der Waals surface area contributed by atoms with Gasteiger partial charge in [0.25, 0.3) is 0 Å². The number of carbonyl (C=O) groups is 1. The number of hydrogen-bond acceptors (Lipinski definition) is 4. The predicted octanol–water partition coefficient (Wildman–Crippen LogP) is -1.16. The van der Waals surface area contributed by atoms with Gasteiger partial charge in [-0.2, -0.15) is 0 Å². The minimum atomic E-state index is -3.01. The topological polar surface area (TPSA) is 80.5 Å². The van der Waals surface area contributed by atoms with Gasteiger partial charge in [-0.05, 0) is 0 Å². The van der Waals surface area contributed by atoms with Crippen molar-refractivity contribution in [3.8, 4) is 0 Å². The van der Waals surface area contributed by atoms with Crippen molar-refractivity contribution < 1.29 is 13.2 Å².